The minimum absolute atomic E-state index is 0. The Morgan fingerprint density at radius 1 is 1.26 bits per heavy atom. The molecule has 27 heavy (non-hydrogen) atoms. The SMILES string of the molecule is COCC1(C(=O)NCC(Cc2cccc(C)c2)C(=O)OC)CCNCC1.Cl. The number of piperidine rings is 1. The van der Waals surface area contributed by atoms with Crippen LogP contribution in [0.2, 0.25) is 0 Å². The number of hydrogen-bond donors (Lipinski definition) is 2. The fraction of sp³-hybridized carbons (Fsp3) is 0.600. The van der Waals surface area contributed by atoms with Crippen molar-refractivity contribution in [3.05, 3.63) is 35.4 Å². The summed E-state index contributed by atoms with van der Waals surface area (Å²) in [5.74, 6) is -0.760. The molecule has 1 heterocycles. The molecule has 0 saturated carbocycles. The number of carbonyl (C=O) groups excluding carboxylic acids is 2. The Hall–Kier alpha value is -1.63. The van der Waals surface area contributed by atoms with Crippen LogP contribution in [0.25, 0.3) is 0 Å². The molecule has 0 aromatic heterocycles. The molecule has 2 N–H and O–H groups in total. The zero-order valence-corrected chi connectivity index (χ0v) is 17.2. The Morgan fingerprint density at radius 2 is 1.96 bits per heavy atom. The maximum absolute atomic E-state index is 12.9. The van der Waals surface area contributed by atoms with E-state index < -0.39 is 11.3 Å². The first-order valence-electron chi connectivity index (χ1n) is 9.12. The van der Waals surface area contributed by atoms with Crippen molar-refractivity contribution in [3.63, 3.8) is 0 Å². The predicted molar refractivity (Wildman–Crippen MR) is 107 cm³/mol. The number of esters is 1. The topological polar surface area (TPSA) is 76.7 Å². The Labute approximate surface area is 167 Å². The highest BCUT2D eigenvalue weighted by Crippen LogP contribution is 2.29. The molecule has 1 unspecified atom stereocenters. The van der Waals surface area contributed by atoms with E-state index in [4.69, 9.17) is 9.47 Å². The van der Waals surface area contributed by atoms with Gasteiger partial charge in [0.25, 0.3) is 0 Å². The lowest BCUT2D eigenvalue weighted by Gasteiger charge is -2.35. The molecule has 0 bridgehead atoms. The first kappa shape index (κ1) is 23.4. The van der Waals surface area contributed by atoms with Crippen LogP contribution in [0.15, 0.2) is 24.3 Å². The second-order valence-electron chi connectivity index (χ2n) is 7.09. The Balaban J connectivity index is 0.00000364. The van der Waals surface area contributed by atoms with E-state index >= 15 is 0 Å². The molecule has 1 aromatic rings. The van der Waals surface area contributed by atoms with Crippen molar-refractivity contribution in [2.75, 3.05) is 40.5 Å². The standard InChI is InChI=1S/C20H30N2O4.ClH/c1-15-5-4-6-16(11-15)12-17(18(23)26-3)13-22-19(24)20(14-25-2)7-9-21-10-8-20;/h4-6,11,17,21H,7-10,12-14H2,1-3H3,(H,22,24);1H. The number of rotatable bonds is 8. The number of amides is 1. The molecule has 1 atom stereocenters. The first-order valence-corrected chi connectivity index (χ1v) is 9.12. The van der Waals surface area contributed by atoms with Gasteiger partial charge in [-0.1, -0.05) is 29.8 Å². The van der Waals surface area contributed by atoms with E-state index in [2.05, 4.69) is 16.7 Å². The van der Waals surface area contributed by atoms with Gasteiger partial charge in [-0.05, 0) is 44.8 Å². The van der Waals surface area contributed by atoms with Crippen molar-refractivity contribution >= 4 is 24.3 Å². The lowest BCUT2D eigenvalue weighted by Crippen LogP contribution is -2.51. The quantitative estimate of drug-likeness (QED) is 0.654. The largest absolute Gasteiger partial charge is 0.469 e. The zero-order chi connectivity index (χ0) is 19.0. The van der Waals surface area contributed by atoms with E-state index in [9.17, 15) is 9.59 Å². The molecule has 0 radical (unpaired) electrons. The molecular formula is C20H31ClN2O4. The van der Waals surface area contributed by atoms with Crippen molar-refractivity contribution in [2.45, 2.75) is 26.2 Å². The molecule has 0 spiro atoms. The lowest BCUT2D eigenvalue weighted by atomic mass is 9.78. The van der Waals surface area contributed by atoms with Gasteiger partial charge in [0, 0.05) is 13.7 Å². The van der Waals surface area contributed by atoms with E-state index in [1.165, 1.54) is 7.11 Å². The summed E-state index contributed by atoms with van der Waals surface area (Å²) in [5.41, 5.74) is 1.68. The van der Waals surface area contributed by atoms with Crippen molar-refractivity contribution < 1.29 is 19.1 Å². The molecule has 1 amide bonds. The van der Waals surface area contributed by atoms with Crippen LogP contribution in [0.3, 0.4) is 0 Å². The highest BCUT2D eigenvalue weighted by Gasteiger charge is 2.40. The van der Waals surface area contributed by atoms with E-state index in [0.29, 0.717) is 13.0 Å². The average molecular weight is 399 g/mol. The number of benzene rings is 1. The van der Waals surface area contributed by atoms with Crippen molar-refractivity contribution in [3.8, 4) is 0 Å². The van der Waals surface area contributed by atoms with Crippen LogP contribution in [-0.4, -0.2) is 52.3 Å². The highest BCUT2D eigenvalue weighted by molar-refractivity contribution is 5.85. The summed E-state index contributed by atoms with van der Waals surface area (Å²) >= 11 is 0. The van der Waals surface area contributed by atoms with Crippen LogP contribution in [-0.2, 0) is 25.5 Å². The molecule has 152 valence electrons. The minimum Gasteiger partial charge on any atom is -0.469 e. The fourth-order valence-electron chi connectivity index (χ4n) is 3.55. The molecule has 6 nitrogen and oxygen atoms in total. The fourth-order valence-corrected chi connectivity index (χ4v) is 3.55. The number of methoxy groups -OCH3 is 2. The maximum atomic E-state index is 12.9. The Bertz CT molecular complexity index is 612. The minimum atomic E-state index is -0.524. The van der Waals surface area contributed by atoms with Gasteiger partial charge in [0.1, 0.15) is 0 Å². The summed E-state index contributed by atoms with van der Waals surface area (Å²) in [6.45, 7) is 4.25. The van der Waals surface area contributed by atoms with Crippen molar-refractivity contribution in [2.24, 2.45) is 11.3 Å². The molecule has 0 aliphatic carbocycles. The first-order chi connectivity index (χ1) is 12.5. The number of hydrogen-bond acceptors (Lipinski definition) is 5. The average Bonchev–Trinajstić information content (AvgIpc) is 2.65. The maximum Gasteiger partial charge on any atom is 0.310 e. The third kappa shape index (κ3) is 6.48. The summed E-state index contributed by atoms with van der Waals surface area (Å²) < 4.78 is 10.3. The van der Waals surface area contributed by atoms with Crippen LogP contribution in [0.4, 0.5) is 0 Å². The normalized spacial score (nSPS) is 16.7. The summed E-state index contributed by atoms with van der Waals surface area (Å²) in [6.07, 6.45) is 1.99. The molecule has 1 aliphatic rings. The van der Waals surface area contributed by atoms with Gasteiger partial charge in [-0.25, -0.2) is 0 Å². The van der Waals surface area contributed by atoms with Gasteiger partial charge in [-0.2, -0.15) is 0 Å². The van der Waals surface area contributed by atoms with Gasteiger partial charge in [-0.3, -0.25) is 9.59 Å². The molecule has 7 heteroatoms. The van der Waals surface area contributed by atoms with Crippen molar-refractivity contribution in [1.82, 2.24) is 10.6 Å². The second-order valence-corrected chi connectivity index (χ2v) is 7.09. The van der Waals surface area contributed by atoms with Gasteiger partial charge in [0.2, 0.25) is 5.91 Å². The highest BCUT2D eigenvalue weighted by atomic mass is 35.5. The molecule has 1 fully saturated rings. The van der Waals surface area contributed by atoms with Gasteiger partial charge in [-0.15, -0.1) is 12.4 Å². The summed E-state index contributed by atoms with van der Waals surface area (Å²) in [5, 5.41) is 6.25. The number of halogens is 1. The summed E-state index contributed by atoms with van der Waals surface area (Å²) in [7, 11) is 3.00. The number of ether oxygens (including phenoxy) is 2. The molecule has 1 aromatic carbocycles. The summed E-state index contributed by atoms with van der Waals surface area (Å²) in [6, 6.07) is 8.03. The number of carbonyl (C=O) groups is 2. The van der Waals surface area contributed by atoms with E-state index in [0.717, 1.165) is 37.1 Å². The lowest BCUT2D eigenvalue weighted by molar-refractivity contribution is -0.145. The molecular weight excluding hydrogens is 368 g/mol. The predicted octanol–water partition coefficient (Wildman–Crippen LogP) is 1.88. The zero-order valence-electron chi connectivity index (χ0n) is 16.4. The summed E-state index contributed by atoms with van der Waals surface area (Å²) in [4.78, 5) is 25.0. The number of nitrogens with one attached hydrogen (secondary N) is 2. The molecule has 1 saturated heterocycles. The van der Waals surface area contributed by atoms with Gasteiger partial charge >= 0.3 is 5.97 Å². The molecule has 1 aliphatic heterocycles. The monoisotopic (exact) mass is 398 g/mol. The van der Waals surface area contributed by atoms with Crippen LogP contribution < -0.4 is 10.6 Å². The van der Waals surface area contributed by atoms with Crippen LogP contribution in [0.1, 0.15) is 24.0 Å². The van der Waals surface area contributed by atoms with Crippen LogP contribution in [0, 0.1) is 18.3 Å². The van der Waals surface area contributed by atoms with E-state index in [-0.39, 0.29) is 30.8 Å². The smallest absolute Gasteiger partial charge is 0.310 e. The van der Waals surface area contributed by atoms with Gasteiger partial charge < -0.3 is 20.1 Å². The molecule has 2 rings (SSSR count). The Morgan fingerprint density at radius 3 is 2.56 bits per heavy atom. The number of aryl methyl sites for hydroxylation is 1. The third-order valence-electron chi connectivity index (χ3n) is 5.07. The van der Waals surface area contributed by atoms with Crippen LogP contribution in [0.5, 0.6) is 0 Å². The Kier molecular flexibility index (Phi) is 9.77. The van der Waals surface area contributed by atoms with E-state index in [1.807, 2.05) is 25.1 Å². The van der Waals surface area contributed by atoms with Crippen LogP contribution >= 0.6 is 12.4 Å². The second kappa shape index (κ2) is 11.3. The van der Waals surface area contributed by atoms with E-state index in [1.54, 1.807) is 7.11 Å². The van der Waals surface area contributed by atoms with Crippen molar-refractivity contribution in [1.29, 1.82) is 0 Å². The third-order valence-corrected chi connectivity index (χ3v) is 5.07. The van der Waals surface area contributed by atoms with Gasteiger partial charge in [0.05, 0.1) is 25.0 Å². The van der Waals surface area contributed by atoms with Gasteiger partial charge in [0.15, 0.2) is 0 Å².